The first-order valence-corrected chi connectivity index (χ1v) is 14.1. The van der Waals surface area contributed by atoms with Gasteiger partial charge in [0.05, 0.1) is 22.7 Å². The third-order valence-corrected chi connectivity index (χ3v) is 8.54. The highest BCUT2D eigenvalue weighted by atomic mass is 32.2. The number of aromatic nitrogens is 3. The quantitative estimate of drug-likeness (QED) is 0.256. The molecule has 180 valence electrons. The first-order chi connectivity index (χ1) is 17.1. The van der Waals surface area contributed by atoms with Crippen molar-refractivity contribution in [1.82, 2.24) is 15.0 Å². The van der Waals surface area contributed by atoms with Crippen molar-refractivity contribution in [2.24, 2.45) is 11.8 Å². The predicted molar refractivity (Wildman–Crippen MR) is 142 cm³/mol. The molecule has 5 nitrogen and oxygen atoms in total. The van der Waals surface area contributed by atoms with Crippen LogP contribution in [0.3, 0.4) is 0 Å². The maximum Gasteiger partial charge on any atom is 0.201 e. The van der Waals surface area contributed by atoms with Gasteiger partial charge in [-0.2, -0.15) is 11.3 Å². The van der Waals surface area contributed by atoms with Gasteiger partial charge in [-0.15, -0.1) is 0 Å². The van der Waals surface area contributed by atoms with Crippen LogP contribution in [-0.2, 0) is 22.4 Å². The van der Waals surface area contributed by atoms with Crippen LogP contribution in [0, 0.1) is 11.8 Å². The van der Waals surface area contributed by atoms with Crippen molar-refractivity contribution in [3.63, 3.8) is 0 Å². The molecule has 0 bridgehead atoms. The van der Waals surface area contributed by atoms with Gasteiger partial charge >= 0.3 is 0 Å². The van der Waals surface area contributed by atoms with Gasteiger partial charge in [0.25, 0.3) is 0 Å². The molecule has 0 atom stereocenters. The standard InChI is InChI=1S/C28H29N3O2S2/c32-25-17-28(33)35-26(25)16-23-11-13-29-27(31-23)15-20-9-7-19(8-10-20)3-1-4-22-5-2-6-24(30-22)21-12-14-34-18-21/h2,5-6,11-14,16,18-20H,1,3-4,7-10,15,17H2/b26-16-. The number of nitrogens with zero attached hydrogens (tertiary/aromatic N) is 3. The maximum absolute atomic E-state index is 11.9. The van der Waals surface area contributed by atoms with E-state index in [1.165, 1.54) is 49.8 Å². The highest BCUT2D eigenvalue weighted by Gasteiger charge is 2.26. The molecule has 3 aromatic heterocycles. The molecule has 0 amide bonds. The Bertz CT molecular complexity index is 1210. The number of carbonyl (C=O) groups excluding carboxylic acids is 2. The number of allylic oxidation sites excluding steroid dienone is 1. The van der Waals surface area contributed by atoms with Gasteiger partial charge in [0.15, 0.2) is 5.78 Å². The molecule has 0 N–H and O–H groups in total. The Hall–Kier alpha value is -2.64. The lowest BCUT2D eigenvalue weighted by Crippen LogP contribution is -2.17. The molecule has 1 saturated heterocycles. The fourth-order valence-corrected chi connectivity index (χ4v) is 6.48. The fraction of sp³-hybridized carbons (Fsp3) is 0.393. The Labute approximate surface area is 214 Å². The number of thiophene rings is 1. The minimum atomic E-state index is -0.107. The minimum Gasteiger partial charge on any atom is -0.293 e. The van der Waals surface area contributed by atoms with E-state index in [1.54, 1.807) is 29.7 Å². The van der Waals surface area contributed by atoms with Crippen LogP contribution in [0.25, 0.3) is 17.3 Å². The fourth-order valence-electron chi connectivity index (χ4n) is 5.02. The molecule has 1 saturated carbocycles. The average Bonchev–Trinajstić information content (AvgIpc) is 3.51. The molecule has 1 aliphatic heterocycles. The van der Waals surface area contributed by atoms with Crippen LogP contribution < -0.4 is 0 Å². The van der Waals surface area contributed by atoms with Crippen molar-refractivity contribution in [3.05, 3.63) is 69.4 Å². The predicted octanol–water partition coefficient (Wildman–Crippen LogP) is 6.55. The lowest BCUT2D eigenvalue weighted by Gasteiger charge is -2.28. The smallest absolute Gasteiger partial charge is 0.201 e. The molecule has 7 heteroatoms. The molecule has 2 fully saturated rings. The lowest BCUT2D eigenvalue weighted by atomic mass is 9.78. The van der Waals surface area contributed by atoms with E-state index in [4.69, 9.17) is 4.98 Å². The molecular formula is C28H29N3O2S2. The Morgan fingerprint density at radius 1 is 1.00 bits per heavy atom. The zero-order chi connectivity index (χ0) is 24.0. The van der Waals surface area contributed by atoms with Crippen LogP contribution in [-0.4, -0.2) is 25.9 Å². The first kappa shape index (κ1) is 24.1. The number of carbonyl (C=O) groups is 2. The largest absolute Gasteiger partial charge is 0.293 e. The normalized spacial score (nSPS) is 21.7. The zero-order valence-electron chi connectivity index (χ0n) is 19.7. The first-order valence-electron chi connectivity index (χ1n) is 12.4. The Balaban J connectivity index is 1.07. The Kier molecular flexibility index (Phi) is 7.84. The summed E-state index contributed by atoms with van der Waals surface area (Å²) in [6.45, 7) is 0. The highest BCUT2D eigenvalue weighted by molar-refractivity contribution is 8.18. The van der Waals surface area contributed by atoms with E-state index in [0.29, 0.717) is 16.5 Å². The van der Waals surface area contributed by atoms with Crippen molar-refractivity contribution in [2.45, 2.75) is 57.8 Å². The monoisotopic (exact) mass is 503 g/mol. The van der Waals surface area contributed by atoms with Crippen molar-refractivity contribution in [1.29, 1.82) is 0 Å². The second-order valence-electron chi connectivity index (χ2n) is 9.49. The van der Waals surface area contributed by atoms with Crippen molar-refractivity contribution >= 4 is 40.1 Å². The van der Waals surface area contributed by atoms with Crippen LogP contribution in [0.2, 0.25) is 0 Å². The van der Waals surface area contributed by atoms with E-state index in [9.17, 15) is 9.59 Å². The van der Waals surface area contributed by atoms with E-state index in [2.05, 4.69) is 45.0 Å². The summed E-state index contributed by atoms with van der Waals surface area (Å²) in [5, 5.41) is 4.16. The van der Waals surface area contributed by atoms with E-state index in [-0.39, 0.29) is 17.3 Å². The highest BCUT2D eigenvalue weighted by Crippen LogP contribution is 2.34. The maximum atomic E-state index is 11.9. The molecule has 0 radical (unpaired) electrons. The van der Waals surface area contributed by atoms with Gasteiger partial charge in [-0.1, -0.05) is 25.3 Å². The Morgan fingerprint density at radius 2 is 1.86 bits per heavy atom. The van der Waals surface area contributed by atoms with E-state index >= 15 is 0 Å². The van der Waals surface area contributed by atoms with E-state index in [0.717, 1.165) is 42.0 Å². The summed E-state index contributed by atoms with van der Waals surface area (Å²) >= 11 is 2.73. The molecule has 0 aromatic carbocycles. The number of ketones is 1. The number of thioether (sulfide) groups is 1. The topological polar surface area (TPSA) is 72.8 Å². The van der Waals surface area contributed by atoms with Gasteiger partial charge in [0.2, 0.25) is 5.12 Å². The molecule has 0 spiro atoms. The van der Waals surface area contributed by atoms with Gasteiger partial charge < -0.3 is 0 Å². The van der Waals surface area contributed by atoms with Gasteiger partial charge in [-0.05, 0) is 85.0 Å². The van der Waals surface area contributed by atoms with Crippen LogP contribution in [0.15, 0.2) is 52.2 Å². The molecule has 3 aromatic rings. The number of rotatable bonds is 8. The van der Waals surface area contributed by atoms with Crippen LogP contribution in [0.1, 0.15) is 62.2 Å². The summed E-state index contributed by atoms with van der Waals surface area (Å²) < 4.78 is 0. The second-order valence-corrected chi connectivity index (χ2v) is 11.4. The zero-order valence-corrected chi connectivity index (χ0v) is 21.3. The number of Topliss-reactive ketones (excluding diaryl/α,β-unsaturated/α-hetero) is 1. The van der Waals surface area contributed by atoms with Crippen LogP contribution in [0.5, 0.6) is 0 Å². The average molecular weight is 504 g/mol. The summed E-state index contributed by atoms with van der Waals surface area (Å²) in [5.74, 6) is 2.14. The summed E-state index contributed by atoms with van der Waals surface area (Å²) in [4.78, 5) is 37.8. The number of pyridine rings is 1. The summed E-state index contributed by atoms with van der Waals surface area (Å²) in [7, 11) is 0. The third kappa shape index (κ3) is 6.53. The lowest BCUT2D eigenvalue weighted by molar-refractivity contribution is -0.119. The molecule has 35 heavy (non-hydrogen) atoms. The molecular weight excluding hydrogens is 474 g/mol. The molecule has 5 rings (SSSR count). The van der Waals surface area contributed by atoms with Gasteiger partial charge in [-0.25, -0.2) is 9.97 Å². The van der Waals surface area contributed by atoms with Gasteiger partial charge in [0.1, 0.15) is 5.82 Å². The van der Waals surface area contributed by atoms with E-state index < -0.39 is 0 Å². The molecule has 0 unspecified atom stereocenters. The van der Waals surface area contributed by atoms with Crippen molar-refractivity contribution < 1.29 is 9.59 Å². The minimum absolute atomic E-state index is 0.00428. The number of aryl methyl sites for hydroxylation is 1. The Morgan fingerprint density at radius 3 is 2.63 bits per heavy atom. The SMILES string of the molecule is O=C1CC(=O)/C(=C/c2ccnc(CC3CCC(CCCc4cccc(-c5ccsc5)n4)CC3)n2)S1. The van der Waals surface area contributed by atoms with Crippen molar-refractivity contribution in [3.8, 4) is 11.3 Å². The van der Waals surface area contributed by atoms with Gasteiger partial charge in [0, 0.05) is 29.3 Å². The molecule has 2 aliphatic rings. The summed E-state index contributed by atoms with van der Waals surface area (Å²) in [5.41, 5.74) is 4.19. The van der Waals surface area contributed by atoms with Gasteiger partial charge in [-0.3, -0.25) is 14.6 Å². The van der Waals surface area contributed by atoms with Crippen LogP contribution in [0.4, 0.5) is 0 Å². The second kappa shape index (κ2) is 11.4. The summed E-state index contributed by atoms with van der Waals surface area (Å²) in [6.07, 6.45) is 12.8. The number of hydrogen-bond acceptors (Lipinski definition) is 7. The molecule has 4 heterocycles. The third-order valence-electron chi connectivity index (χ3n) is 6.92. The van der Waals surface area contributed by atoms with E-state index in [1.807, 2.05) is 0 Å². The van der Waals surface area contributed by atoms with Crippen LogP contribution >= 0.6 is 23.1 Å². The van der Waals surface area contributed by atoms with Crippen molar-refractivity contribution in [2.75, 3.05) is 0 Å². The summed E-state index contributed by atoms with van der Waals surface area (Å²) in [6, 6.07) is 10.3. The molecule has 1 aliphatic carbocycles. The number of hydrogen-bond donors (Lipinski definition) is 0.